The van der Waals surface area contributed by atoms with Crippen molar-refractivity contribution in [3.05, 3.63) is 103 Å². The van der Waals surface area contributed by atoms with Crippen molar-refractivity contribution in [2.24, 2.45) is 0 Å². The van der Waals surface area contributed by atoms with Gasteiger partial charge in [-0.05, 0) is 72.9 Å². The van der Waals surface area contributed by atoms with Gasteiger partial charge in [0, 0.05) is 11.1 Å². The predicted octanol–water partition coefficient (Wildman–Crippen LogP) is 6.97. The van der Waals surface area contributed by atoms with Crippen molar-refractivity contribution >= 4 is 11.9 Å². The summed E-state index contributed by atoms with van der Waals surface area (Å²) in [6.45, 7) is 16.9. The molecule has 7 heteroatoms. The van der Waals surface area contributed by atoms with E-state index in [1.165, 1.54) is 0 Å². The second-order valence-corrected chi connectivity index (χ2v) is 9.54. The van der Waals surface area contributed by atoms with Gasteiger partial charge in [0.2, 0.25) is 0 Å². The summed E-state index contributed by atoms with van der Waals surface area (Å²) in [7, 11) is 0. The lowest BCUT2D eigenvalue weighted by molar-refractivity contribution is -0.140. The molecule has 0 aliphatic carbocycles. The average Bonchev–Trinajstić information content (AvgIpc) is 2.96. The van der Waals surface area contributed by atoms with Gasteiger partial charge in [-0.2, -0.15) is 0 Å². The summed E-state index contributed by atoms with van der Waals surface area (Å²) < 4.78 is 27.7. The minimum atomic E-state index is -0.479. The largest absolute Gasteiger partial charge is 0.489 e. The van der Waals surface area contributed by atoms with E-state index in [2.05, 4.69) is 31.9 Å². The van der Waals surface area contributed by atoms with Gasteiger partial charge >= 0.3 is 11.9 Å². The quantitative estimate of drug-likeness (QED) is 0.0865. The molecule has 3 aromatic carbocycles. The smallest absolute Gasteiger partial charge is 0.333 e. The second kappa shape index (κ2) is 15.1. The lowest BCUT2D eigenvalue weighted by Crippen LogP contribution is -2.14. The molecule has 7 nitrogen and oxygen atoms in total. The van der Waals surface area contributed by atoms with Crippen LogP contribution in [0.2, 0.25) is 0 Å². The number of carbonyl (C=O) groups is 2. The van der Waals surface area contributed by atoms with Crippen molar-refractivity contribution in [1.82, 2.24) is 0 Å². The van der Waals surface area contributed by atoms with E-state index in [1.807, 2.05) is 55.5 Å². The standard InChI is InChI=1S/C34H36O7/c1-23(2)22-41-30-14-11-27(12-15-30)26-7-9-28(10-8-26)29-13-16-31(37-17-19-39-33(35)24(3)4)32(21-29)38-18-20-40-34(36)25(5)6/h7-16,21H,1,3,5,17-20,22H2,2,4,6H3. The summed E-state index contributed by atoms with van der Waals surface area (Å²) in [6.07, 6.45) is 0. The van der Waals surface area contributed by atoms with E-state index in [1.54, 1.807) is 19.9 Å². The van der Waals surface area contributed by atoms with E-state index < -0.39 is 11.9 Å². The highest BCUT2D eigenvalue weighted by Crippen LogP contribution is 2.34. The van der Waals surface area contributed by atoms with Gasteiger partial charge in [0.1, 0.15) is 38.8 Å². The normalized spacial score (nSPS) is 10.3. The van der Waals surface area contributed by atoms with Crippen LogP contribution in [0.1, 0.15) is 20.8 Å². The van der Waals surface area contributed by atoms with Crippen molar-refractivity contribution in [2.75, 3.05) is 33.0 Å². The molecule has 214 valence electrons. The van der Waals surface area contributed by atoms with Gasteiger partial charge < -0.3 is 23.7 Å². The highest BCUT2D eigenvalue weighted by atomic mass is 16.6. The van der Waals surface area contributed by atoms with Gasteiger partial charge in [-0.1, -0.05) is 62.2 Å². The molecule has 0 heterocycles. The molecule has 0 N–H and O–H groups in total. The molecule has 0 radical (unpaired) electrons. The van der Waals surface area contributed by atoms with Crippen LogP contribution in [0, 0.1) is 0 Å². The maximum atomic E-state index is 11.7. The summed E-state index contributed by atoms with van der Waals surface area (Å²) in [6, 6.07) is 21.7. The summed E-state index contributed by atoms with van der Waals surface area (Å²) in [5, 5.41) is 0. The maximum Gasteiger partial charge on any atom is 0.333 e. The Labute approximate surface area is 241 Å². The molecule has 0 spiro atoms. The van der Waals surface area contributed by atoms with Gasteiger partial charge in [-0.25, -0.2) is 9.59 Å². The van der Waals surface area contributed by atoms with Crippen LogP contribution in [0.15, 0.2) is 103 Å². The number of benzene rings is 3. The number of esters is 2. The number of hydrogen-bond donors (Lipinski definition) is 0. The highest BCUT2D eigenvalue weighted by Gasteiger charge is 2.11. The number of carbonyl (C=O) groups excluding carboxylic acids is 2. The van der Waals surface area contributed by atoms with E-state index in [4.69, 9.17) is 23.7 Å². The molecule has 0 aliphatic heterocycles. The minimum Gasteiger partial charge on any atom is -0.489 e. The van der Waals surface area contributed by atoms with Crippen molar-refractivity contribution in [3.8, 4) is 39.5 Å². The molecule has 0 saturated heterocycles. The van der Waals surface area contributed by atoms with Crippen LogP contribution in [0.4, 0.5) is 0 Å². The van der Waals surface area contributed by atoms with Crippen LogP contribution in [0.3, 0.4) is 0 Å². The zero-order valence-corrected chi connectivity index (χ0v) is 23.9. The van der Waals surface area contributed by atoms with Gasteiger partial charge in [-0.15, -0.1) is 0 Å². The fourth-order valence-corrected chi connectivity index (χ4v) is 3.54. The molecular formula is C34H36O7. The third-order valence-corrected chi connectivity index (χ3v) is 5.68. The van der Waals surface area contributed by atoms with Gasteiger partial charge in [-0.3, -0.25) is 0 Å². The average molecular weight is 557 g/mol. The predicted molar refractivity (Wildman–Crippen MR) is 160 cm³/mol. The zero-order valence-electron chi connectivity index (χ0n) is 23.9. The van der Waals surface area contributed by atoms with Gasteiger partial charge in [0.05, 0.1) is 0 Å². The first-order valence-corrected chi connectivity index (χ1v) is 13.2. The maximum absolute atomic E-state index is 11.7. The molecule has 0 fully saturated rings. The third kappa shape index (κ3) is 9.72. The molecular weight excluding hydrogens is 520 g/mol. The number of ether oxygens (including phenoxy) is 5. The molecule has 0 bridgehead atoms. The lowest BCUT2D eigenvalue weighted by atomic mass is 10.00. The van der Waals surface area contributed by atoms with E-state index >= 15 is 0 Å². The molecule has 0 aromatic heterocycles. The number of hydrogen-bond acceptors (Lipinski definition) is 7. The molecule has 0 amide bonds. The molecule has 0 aliphatic rings. The Hall–Kier alpha value is -4.78. The molecule has 41 heavy (non-hydrogen) atoms. The summed E-state index contributed by atoms with van der Waals surface area (Å²) in [5.41, 5.74) is 5.64. The zero-order chi connectivity index (χ0) is 29.8. The molecule has 3 rings (SSSR count). The van der Waals surface area contributed by atoms with Gasteiger partial charge in [0.25, 0.3) is 0 Å². The molecule has 0 atom stereocenters. The van der Waals surface area contributed by atoms with Crippen molar-refractivity contribution in [3.63, 3.8) is 0 Å². The Morgan fingerprint density at radius 3 is 1.49 bits per heavy atom. The van der Waals surface area contributed by atoms with Crippen molar-refractivity contribution in [1.29, 1.82) is 0 Å². The Kier molecular flexibility index (Phi) is 11.3. The van der Waals surface area contributed by atoms with Crippen LogP contribution < -0.4 is 14.2 Å². The van der Waals surface area contributed by atoms with Crippen LogP contribution in [-0.2, 0) is 19.1 Å². The Balaban J connectivity index is 1.72. The Bertz CT molecular complexity index is 1390. The monoisotopic (exact) mass is 556 g/mol. The Morgan fingerprint density at radius 1 is 0.561 bits per heavy atom. The fourth-order valence-electron chi connectivity index (χ4n) is 3.54. The lowest BCUT2D eigenvalue weighted by Gasteiger charge is -2.15. The topological polar surface area (TPSA) is 80.3 Å². The second-order valence-electron chi connectivity index (χ2n) is 9.54. The van der Waals surface area contributed by atoms with Crippen molar-refractivity contribution in [2.45, 2.75) is 20.8 Å². The van der Waals surface area contributed by atoms with E-state index in [-0.39, 0.29) is 26.4 Å². The third-order valence-electron chi connectivity index (χ3n) is 5.68. The number of rotatable bonds is 15. The SMILES string of the molecule is C=C(C)COc1ccc(-c2ccc(-c3ccc(OCCOC(=O)C(=C)C)c(OCCOC(=O)C(=C)C)c3)cc2)cc1. The van der Waals surface area contributed by atoms with Crippen molar-refractivity contribution < 1.29 is 33.3 Å². The summed E-state index contributed by atoms with van der Waals surface area (Å²) >= 11 is 0. The Morgan fingerprint density at radius 2 is 1.00 bits per heavy atom. The van der Waals surface area contributed by atoms with E-state index in [0.29, 0.717) is 29.3 Å². The van der Waals surface area contributed by atoms with Crippen LogP contribution in [0.25, 0.3) is 22.3 Å². The first-order valence-electron chi connectivity index (χ1n) is 13.2. The highest BCUT2D eigenvalue weighted by molar-refractivity contribution is 5.87. The fraction of sp³-hybridized carbons (Fsp3) is 0.235. The first-order chi connectivity index (χ1) is 19.6. The van der Waals surface area contributed by atoms with Crippen LogP contribution >= 0.6 is 0 Å². The molecule has 0 saturated carbocycles. The summed E-state index contributed by atoms with van der Waals surface area (Å²) in [5.74, 6) is 0.778. The molecule has 0 unspecified atom stereocenters. The van der Waals surface area contributed by atoms with Crippen LogP contribution in [0.5, 0.6) is 17.2 Å². The van der Waals surface area contributed by atoms with Crippen LogP contribution in [-0.4, -0.2) is 45.0 Å². The molecule has 3 aromatic rings. The van der Waals surface area contributed by atoms with Gasteiger partial charge in [0.15, 0.2) is 11.5 Å². The minimum absolute atomic E-state index is 0.0529. The van der Waals surface area contributed by atoms with E-state index in [0.717, 1.165) is 33.6 Å². The summed E-state index contributed by atoms with van der Waals surface area (Å²) in [4.78, 5) is 23.3. The van der Waals surface area contributed by atoms with E-state index in [9.17, 15) is 9.59 Å². The first kappa shape index (κ1) is 30.8.